The smallest absolute Gasteiger partial charge is 0.0886 e. The maximum atomic E-state index is 8.90. The van der Waals surface area contributed by atoms with Crippen molar-refractivity contribution in [3.8, 4) is 11.3 Å². The number of rotatable bonds is 4. The molecule has 0 saturated carbocycles. The molecule has 4 nitrogen and oxygen atoms in total. The molecule has 0 unspecified atom stereocenters. The monoisotopic (exact) mass is 217 g/mol. The van der Waals surface area contributed by atoms with E-state index in [1.54, 1.807) is 10.9 Å². The third kappa shape index (κ3) is 2.12. The predicted octanol–water partition coefficient (Wildman–Crippen LogP) is 1.50. The fraction of sp³-hybridized carbons (Fsp3) is 0.333. The van der Waals surface area contributed by atoms with E-state index >= 15 is 0 Å². The Morgan fingerprint density at radius 3 is 2.62 bits per heavy atom. The molecular formula is C12H15N3O. The molecule has 2 aromatic rings. The Morgan fingerprint density at radius 2 is 2.00 bits per heavy atom. The van der Waals surface area contributed by atoms with E-state index in [0.717, 1.165) is 17.7 Å². The minimum absolute atomic E-state index is 0.0728. The van der Waals surface area contributed by atoms with Crippen molar-refractivity contribution in [3.63, 3.8) is 0 Å². The van der Waals surface area contributed by atoms with Crippen molar-refractivity contribution in [2.24, 2.45) is 0 Å². The van der Waals surface area contributed by atoms with Gasteiger partial charge in [-0.3, -0.25) is 0 Å². The molecule has 2 rings (SSSR count). The summed E-state index contributed by atoms with van der Waals surface area (Å²) in [5.41, 5.74) is 3.33. The highest BCUT2D eigenvalue weighted by molar-refractivity contribution is 5.58. The molecule has 0 spiro atoms. The fourth-order valence-corrected chi connectivity index (χ4v) is 1.65. The van der Waals surface area contributed by atoms with Gasteiger partial charge in [0.2, 0.25) is 0 Å². The van der Waals surface area contributed by atoms with Gasteiger partial charge >= 0.3 is 0 Å². The summed E-state index contributed by atoms with van der Waals surface area (Å²) in [4.78, 5) is 0. The van der Waals surface area contributed by atoms with Crippen molar-refractivity contribution in [1.29, 1.82) is 0 Å². The molecule has 0 radical (unpaired) electrons. The lowest BCUT2D eigenvalue weighted by molar-refractivity contribution is 0.269. The normalized spacial score (nSPS) is 10.6. The second-order valence-electron chi connectivity index (χ2n) is 3.62. The van der Waals surface area contributed by atoms with E-state index in [2.05, 4.69) is 41.5 Å². The van der Waals surface area contributed by atoms with Crippen LogP contribution in [0.2, 0.25) is 0 Å². The number of hydrogen-bond donors (Lipinski definition) is 1. The van der Waals surface area contributed by atoms with E-state index in [1.807, 2.05) is 0 Å². The Kier molecular flexibility index (Phi) is 3.31. The van der Waals surface area contributed by atoms with Gasteiger partial charge in [-0.2, -0.15) is 0 Å². The number of aliphatic hydroxyl groups excluding tert-OH is 1. The largest absolute Gasteiger partial charge is 0.394 e. The number of aromatic nitrogens is 3. The summed E-state index contributed by atoms with van der Waals surface area (Å²) in [5, 5.41) is 16.7. The van der Waals surface area contributed by atoms with Gasteiger partial charge in [0.15, 0.2) is 0 Å². The van der Waals surface area contributed by atoms with Crippen LogP contribution in [0.3, 0.4) is 0 Å². The van der Waals surface area contributed by atoms with Gasteiger partial charge in [-0.15, -0.1) is 5.10 Å². The first kappa shape index (κ1) is 10.8. The van der Waals surface area contributed by atoms with Gasteiger partial charge in [0.05, 0.1) is 25.0 Å². The summed E-state index contributed by atoms with van der Waals surface area (Å²) in [6, 6.07) is 8.33. The minimum atomic E-state index is 0.0728. The van der Waals surface area contributed by atoms with E-state index in [9.17, 15) is 0 Å². The lowest BCUT2D eigenvalue weighted by atomic mass is 10.1. The molecule has 0 amide bonds. The van der Waals surface area contributed by atoms with Crippen LogP contribution in [-0.4, -0.2) is 26.7 Å². The minimum Gasteiger partial charge on any atom is -0.394 e. The van der Waals surface area contributed by atoms with Crippen LogP contribution in [0.15, 0.2) is 30.5 Å². The Morgan fingerprint density at radius 1 is 1.25 bits per heavy atom. The van der Waals surface area contributed by atoms with Gasteiger partial charge in [0, 0.05) is 5.56 Å². The number of benzene rings is 1. The second kappa shape index (κ2) is 4.90. The molecule has 0 aliphatic rings. The molecule has 0 saturated heterocycles. The van der Waals surface area contributed by atoms with E-state index < -0.39 is 0 Å². The predicted molar refractivity (Wildman–Crippen MR) is 61.9 cm³/mol. The van der Waals surface area contributed by atoms with E-state index in [0.29, 0.717) is 6.54 Å². The van der Waals surface area contributed by atoms with Crippen molar-refractivity contribution in [1.82, 2.24) is 15.0 Å². The van der Waals surface area contributed by atoms with E-state index in [-0.39, 0.29) is 6.61 Å². The molecule has 0 aliphatic heterocycles. The Bertz CT molecular complexity index is 448. The van der Waals surface area contributed by atoms with Gasteiger partial charge in [0.1, 0.15) is 0 Å². The van der Waals surface area contributed by atoms with Crippen molar-refractivity contribution in [2.75, 3.05) is 6.61 Å². The highest BCUT2D eigenvalue weighted by atomic mass is 16.3. The molecule has 16 heavy (non-hydrogen) atoms. The van der Waals surface area contributed by atoms with Gasteiger partial charge < -0.3 is 5.11 Å². The van der Waals surface area contributed by atoms with Gasteiger partial charge in [-0.1, -0.05) is 36.4 Å². The number of nitrogens with zero attached hydrogens (tertiary/aromatic N) is 3. The Hall–Kier alpha value is -1.68. The summed E-state index contributed by atoms with van der Waals surface area (Å²) in [6.07, 6.45) is 2.76. The van der Waals surface area contributed by atoms with Gasteiger partial charge in [0.25, 0.3) is 0 Å². The summed E-state index contributed by atoms with van der Waals surface area (Å²) in [5.74, 6) is 0. The zero-order chi connectivity index (χ0) is 11.4. The van der Waals surface area contributed by atoms with Crippen molar-refractivity contribution in [3.05, 3.63) is 36.0 Å². The van der Waals surface area contributed by atoms with Crippen LogP contribution < -0.4 is 0 Å². The molecule has 0 atom stereocenters. The second-order valence-corrected chi connectivity index (χ2v) is 3.62. The summed E-state index contributed by atoms with van der Waals surface area (Å²) in [7, 11) is 0. The van der Waals surface area contributed by atoms with Crippen LogP contribution in [0.4, 0.5) is 0 Å². The molecule has 1 N–H and O–H groups in total. The van der Waals surface area contributed by atoms with Crippen LogP contribution in [0, 0.1) is 0 Å². The fourth-order valence-electron chi connectivity index (χ4n) is 1.65. The third-order valence-corrected chi connectivity index (χ3v) is 2.59. The number of hydrogen-bond acceptors (Lipinski definition) is 3. The topological polar surface area (TPSA) is 50.9 Å². The van der Waals surface area contributed by atoms with Crippen molar-refractivity contribution >= 4 is 0 Å². The molecule has 1 aromatic carbocycles. The maximum absolute atomic E-state index is 8.90. The molecule has 1 aromatic heterocycles. The zero-order valence-electron chi connectivity index (χ0n) is 9.30. The van der Waals surface area contributed by atoms with Crippen LogP contribution in [-0.2, 0) is 13.0 Å². The first-order chi connectivity index (χ1) is 7.85. The lowest BCUT2D eigenvalue weighted by Gasteiger charge is -2.05. The SMILES string of the molecule is CCc1ccc(-c2cnnn2CCO)cc1. The van der Waals surface area contributed by atoms with Crippen LogP contribution in [0.1, 0.15) is 12.5 Å². The number of aliphatic hydroxyl groups is 1. The molecule has 4 heteroatoms. The summed E-state index contributed by atoms with van der Waals surface area (Å²) >= 11 is 0. The first-order valence-corrected chi connectivity index (χ1v) is 5.43. The molecule has 0 fully saturated rings. The zero-order valence-corrected chi connectivity index (χ0v) is 9.30. The average Bonchev–Trinajstić information content (AvgIpc) is 2.78. The quantitative estimate of drug-likeness (QED) is 0.844. The maximum Gasteiger partial charge on any atom is 0.0886 e. The Labute approximate surface area is 94.5 Å². The third-order valence-electron chi connectivity index (χ3n) is 2.59. The van der Waals surface area contributed by atoms with Crippen LogP contribution >= 0.6 is 0 Å². The highest BCUT2D eigenvalue weighted by Crippen LogP contribution is 2.18. The standard InChI is InChI=1S/C12H15N3O/c1-2-10-3-5-11(6-4-10)12-9-13-14-15(12)7-8-16/h3-6,9,16H,2,7-8H2,1H3. The van der Waals surface area contributed by atoms with Crippen molar-refractivity contribution < 1.29 is 5.11 Å². The molecular weight excluding hydrogens is 202 g/mol. The van der Waals surface area contributed by atoms with E-state index in [1.165, 1.54) is 5.56 Å². The van der Waals surface area contributed by atoms with Crippen molar-refractivity contribution in [2.45, 2.75) is 19.9 Å². The van der Waals surface area contributed by atoms with E-state index in [4.69, 9.17) is 5.11 Å². The average molecular weight is 217 g/mol. The Balaban J connectivity index is 2.31. The molecule has 0 bridgehead atoms. The first-order valence-electron chi connectivity index (χ1n) is 5.43. The molecule has 84 valence electrons. The molecule has 0 aliphatic carbocycles. The van der Waals surface area contributed by atoms with Crippen LogP contribution in [0.25, 0.3) is 11.3 Å². The summed E-state index contributed by atoms with van der Waals surface area (Å²) in [6.45, 7) is 2.68. The highest BCUT2D eigenvalue weighted by Gasteiger charge is 2.05. The van der Waals surface area contributed by atoms with Crippen LogP contribution in [0.5, 0.6) is 0 Å². The van der Waals surface area contributed by atoms with Gasteiger partial charge in [-0.05, 0) is 12.0 Å². The lowest BCUT2D eigenvalue weighted by Crippen LogP contribution is -2.05. The molecule has 1 heterocycles. The summed E-state index contributed by atoms with van der Waals surface area (Å²) < 4.78 is 1.71. The van der Waals surface area contributed by atoms with Gasteiger partial charge in [-0.25, -0.2) is 4.68 Å². The number of aryl methyl sites for hydroxylation is 1.